The number of carbonyl (C=O) groups excluding carboxylic acids is 2. The highest BCUT2D eigenvalue weighted by molar-refractivity contribution is 5.97. The molecular formula is C20H23NO5. The monoisotopic (exact) mass is 357 g/mol. The Bertz CT molecular complexity index is 808. The fraction of sp³-hybridized carbons (Fsp3) is 0.300. The topological polar surface area (TPSA) is 84.9 Å². The van der Waals surface area contributed by atoms with Gasteiger partial charge in [-0.15, -0.1) is 0 Å². The molecular weight excluding hydrogens is 334 g/mol. The number of phenolic OH excluding ortho intramolecular Hbond substituents is 1. The molecule has 2 rings (SSSR count). The zero-order valence-corrected chi connectivity index (χ0v) is 15.3. The van der Waals surface area contributed by atoms with Gasteiger partial charge in [0.15, 0.2) is 6.61 Å². The first kappa shape index (κ1) is 19.3. The van der Waals surface area contributed by atoms with Gasteiger partial charge in [-0.1, -0.05) is 39.0 Å². The fourth-order valence-electron chi connectivity index (χ4n) is 2.45. The summed E-state index contributed by atoms with van der Waals surface area (Å²) < 4.78 is 10.0. The van der Waals surface area contributed by atoms with E-state index in [4.69, 9.17) is 9.47 Å². The van der Waals surface area contributed by atoms with Gasteiger partial charge in [-0.05, 0) is 35.2 Å². The van der Waals surface area contributed by atoms with Crippen LogP contribution < -0.4 is 10.1 Å². The number of hydrogen-bond donors (Lipinski definition) is 2. The molecule has 0 aliphatic rings. The minimum absolute atomic E-state index is 0.0627. The van der Waals surface area contributed by atoms with Crippen LogP contribution >= 0.6 is 0 Å². The van der Waals surface area contributed by atoms with Crippen molar-refractivity contribution in [2.24, 2.45) is 0 Å². The molecule has 0 unspecified atom stereocenters. The van der Waals surface area contributed by atoms with Crippen molar-refractivity contribution in [2.45, 2.75) is 26.2 Å². The van der Waals surface area contributed by atoms with E-state index in [1.165, 1.54) is 25.3 Å². The van der Waals surface area contributed by atoms with Crippen LogP contribution in [0.1, 0.15) is 36.7 Å². The second-order valence-corrected chi connectivity index (χ2v) is 6.80. The lowest BCUT2D eigenvalue weighted by Crippen LogP contribution is -2.23. The summed E-state index contributed by atoms with van der Waals surface area (Å²) >= 11 is 0. The normalized spacial score (nSPS) is 10.9. The smallest absolute Gasteiger partial charge is 0.342 e. The standard InChI is InChI=1S/C20H23NO5/c1-20(2,3)15-7-5-6-8-16(15)21-18(23)12-26-19(24)14-11-13(25-4)9-10-17(14)22/h5-11,22H,12H2,1-4H3,(H,21,23). The van der Waals surface area contributed by atoms with Crippen LogP contribution in [0.5, 0.6) is 11.5 Å². The summed E-state index contributed by atoms with van der Waals surface area (Å²) in [5, 5.41) is 12.5. The number of carbonyl (C=O) groups is 2. The molecule has 0 aromatic heterocycles. The number of hydrogen-bond acceptors (Lipinski definition) is 5. The molecule has 0 bridgehead atoms. The third-order valence-electron chi connectivity index (χ3n) is 3.77. The Hall–Kier alpha value is -3.02. The summed E-state index contributed by atoms with van der Waals surface area (Å²) in [4.78, 5) is 24.3. The number of rotatable bonds is 5. The van der Waals surface area contributed by atoms with Crippen molar-refractivity contribution in [3.63, 3.8) is 0 Å². The molecule has 138 valence electrons. The number of esters is 1. The summed E-state index contributed by atoms with van der Waals surface area (Å²) in [7, 11) is 1.45. The predicted molar refractivity (Wildman–Crippen MR) is 98.7 cm³/mol. The van der Waals surface area contributed by atoms with Crippen LogP contribution in [-0.2, 0) is 14.9 Å². The van der Waals surface area contributed by atoms with Crippen molar-refractivity contribution < 1.29 is 24.2 Å². The quantitative estimate of drug-likeness (QED) is 0.800. The van der Waals surface area contributed by atoms with Crippen LogP contribution in [0.25, 0.3) is 0 Å². The van der Waals surface area contributed by atoms with E-state index in [-0.39, 0.29) is 16.7 Å². The molecule has 0 radical (unpaired) electrons. The summed E-state index contributed by atoms with van der Waals surface area (Å²) in [6.45, 7) is 5.67. The fourth-order valence-corrected chi connectivity index (χ4v) is 2.45. The zero-order valence-electron chi connectivity index (χ0n) is 15.3. The molecule has 0 aliphatic heterocycles. The van der Waals surface area contributed by atoms with Crippen molar-refractivity contribution in [3.8, 4) is 11.5 Å². The largest absolute Gasteiger partial charge is 0.507 e. The minimum atomic E-state index is -0.805. The molecule has 0 atom stereocenters. The molecule has 6 heteroatoms. The van der Waals surface area contributed by atoms with Gasteiger partial charge in [-0.3, -0.25) is 4.79 Å². The van der Waals surface area contributed by atoms with Crippen LogP contribution in [0.15, 0.2) is 42.5 Å². The number of phenols is 1. The third-order valence-corrected chi connectivity index (χ3v) is 3.77. The van der Waals surface area contributed by atoms with Crippen molar-refractivity contribution in [1.82, 2.24) is 0 Å². The van der Waals surface area contributed by atoms with Gasteiger partial charge in [0.2, 0.25) is 0 Å². The van der Waals surface area contributed by atoms with Crippen LogP contribution in [-0.4, -0.2) is 30.7 Å². The number of methoxy groups -OCH3 is 1. The van der Waals surface area contributed by atoms with E-state index in [1.807, 2.05) is 39.0 Å². The van der Waals surface area contributed by atoms with Gasteiger partial charge in [0.05, 0.1) is 7.11 Å². The first-order valence-corrected chi connectivity index (χ1v) is 8.16. The van der Waals surface area contributed by atoms with Crippen molar-refractivity contribution >= 4 is 17.6 Å². The summed E-state index contributed by atoms with van der Waals surface area (Å²) in [5.74, 6) is -1.11. The van der Waals surface area contributed by atoms with Crippen molar-refractivity contribution in [2.75, 3.05) is 19.0 Å². The molecule has 0 fully saturated rings. The van der Waals surface area contributed by atoms with Gasteiger partial charge in [-0.25, -0.2) is 4.79 Å². The van der Waals surface area contributed by atoms with E-state index in [0.29, 0.717) is 11.4 Å². The highest BCUT2D eigenvalue weighted by Crippen LogP contribution is 2.29. The van der Waals surface area contributed by atoms with Gasteiger partial charge in [-0.2, -0.15) is 0 Å². The lowest BCUT2D eigenvalue weighted by molar-refractivity contribution is -0.119. The van der Waals surface area contributed by atoms with E-state index < -0.39 is 18.5 Å². The maximum absolute atomic E-state index is 12.2. The Morgan fingerprint density at radius 1 is 1.12 bits per heavy atom. The lowest BCUT2D eigenvalue weighted by Gasteiger charge is -2.22. The van der Waals surface area contributed by atoms with Gasteiger partial charge < -0.3 is 19.9 Å². The van der Waals surface area contributed by atoms with Gasteiger partial charge in [0.1, 0.15) is 17.1 Å². The molecule has 0 heterocycles. The SMILES string of the molecule is COc1ccc(O)c(C(=O)OCC(=O)Nc2ccccc2C(C)(C)C)c1. The van der Waals surface area contributed by atoms with E-state index >= 15 is 0 Å². The number of anilines is 1. The number of amides is 1. The zero-order chi connectivity index (χ0) is 19.3. The first-order chi connectivity index (χ1) is 12.2. The minimum Gasteiger partial charge on any atom is -0.507 e. The third kappa shape index (κ3) is 4.75. The second kappa shape index (κ2) is 7.91. The second-order valence-electron chi connectivity index (χ2n) is 6.80. The average Bonchev–Trinajstić information content (AvgIpc) is 2.59. The maximum Gasteiger partial charge on any atom is 0.342 e. The van der Waals surface area contributed by atoms with Crippen LogP contribution in [0.2, 0.25) is 0 Å². The molecule has 0 saturated heterocycles. The lowest BCUT2D eigenvalue weighted by atomic mass is 9.86. The Morgan fingerprint density at radius 2 is 1.81 bits per heavy atom. The molecule has 2 aromatic carbocycles. The molecule has 26 heavy (non-hydrogen) atoms. The van der Waals surface area contributed by atoms with E-state index in [2.05, 4.69) is 5.32 Å². The van der Waals surface area contributed by atoms with Crippen molar-refractivity contribution in [1.29, 1.82) is 0 Å². The first-order valence-electron chi connectivity index (χ1n) is 8.16. The van der Waals surface area contributed by atoms with Gasteiger partial charge in [0, 0.05) is 5.69 Å². The summed E-state index contributed by atoms with van der Waals surface area (Å²) in [6, 6.07) is 11.7. The molecule has 0 aliphatic carbocycles. The highest BCUT2D eigenvalue weighted by Gasteiger charge is 2.20. The van der Waals surface area contributed by atoms with Gasteiger partial charge in [0.25, 0.3) is 5.91 Å². The summed E-state index contributed by atoms with van der Waals surface area (Å²) in [6.07, 6.45) is 0. The molecule has 0 spiro atoms. The Labute approximate surface area is 152 Å². The molecule has 2 N–H and O–H groups in total. The van der Waals surface area contributed by atoms with Gasteiger partial charge >= 0.3 is 5.97 Å². The molecule has 6 nitrogen and oxygen atoms in total. The Balaban J connectivity index is 2.03. The predicted octanol–water partition coefficient (Wildman–Crippen LogP) is 3.49. The highest BCUT2D eigenvalue weighted by atomic mass is 16.5. The number of ether oxygens (including phenoxy) is 2. The van der Waals surface area contributed by atoms with Crippen LogP contribution in [0, 0.1) is 0 Å². The Kier molecular flexibility index (Phi) is 5.87. The number of para-hydroxylation sites is 1. The van der Waals surface area contributed by atoms with E-state index in [9.17, 15) is 14.7 Å². The summed E-state index contributed by atoms with van der Waals surface area (Å²) in [5.41, 5.74) is 1.44. The average molecular weight is 357 g/mol. The number of aromatic hydroxyl groups is 1. The molecule has 1 amide bonds. The van der Waals surface area contributed by atoms with E-state index in [1.54, 1.807) is 6.07 Å². The number of nitrogens with one attached hydrogen (secondary N) is 1. The molecule has 0 saturated carbocycles. The maximum atomic E-state index is 12.2. The number of benzene rings is 2. The molecule has 2 aromatic rings. The van der Waals surface area contributed by atoms with Crippen LogP contribution in [0.3, 0.4) is 0 Å². The van der Waals surface area contributed by atoms with Crippen LogP contribution in [0.4, 0.5) is 5.69 Å². The van der Waals surface area contributed by atoms with E-state index in [0.717, 1.165) is 5.56 Å². The van der Waals surface area contributed by atoms with Crippen molar-refractivity contribution in [3.05, 3.63) is 53.6 Å². The Morgan fingerprint density at radius 3 is 2.46 bits per heavy atom.